The molecule has 1 saturated heterocycles. The van der Waals surface area contributed by atoms with Crippen molar-refractivity contribution in [3.05, 3.63) is 30.1 Å². The first-order valence-electron chi connectivity index (χ1n) is 7.76. The SMILES string of the molecule is N=C(Br)c1c(N)ncnc1Nc1cc(S)ccc1N1CCCCC1. The second-order valence-corrected chi connectivity index (χ2v) is 6.98. The molecule has 0 atom stereocenters. The Kier molecular flexibility index (Phi) is 5.25. The van der Waals surface area contributed by atoms with Crippen LogP contribution in [-0.4, -0.2) is 27.7 Å². The third kappa shape index (κ3) is 3.64. The number of hydrogen-bond acceptors (Lipinski definition) is 7. The number of anilines is 4. The van der Waals surface area contributed by atoms with Gasteiger partial charge in [-0.15, -0.1) is 12.6 Å². The Bertz CT molecular complexity index is 760. The van der Waals surface area contributed by atoms with Gasteiger partial charge in [0.15, 0.2) is 0 Å². The molecule has 0 amide bonds. The van der Waals surface area contributed by atoms with Gasteiger partial charge in [0.1, 0.15) is 22.6 Å². The molecule has 0 radical (unpaired) electrons. The highest BCUT2D eigenvalue weighted by atomic mass is 79.9. The molecule has 1 aliphatic heterocycles. The fourth-order valence-electron chi connectivity index (χ4n) is 2.87. The predicted molar refractivity (Wildman–Crippen MR) is 105 cm³/mol. The van der Waals surface area contributed by atoms with Gasteiger partial charge in [0.2, 0.25) is 0 Å². The first-order chi connectivity index (χ1) is 11.6. The summed E-state index contributed by atoms with van der Waals surface area (Å²) in [4.78, 5) is 11.4. The Balaban J connectivity index is 2.00. The zero-order valence-corrected chi connectivity index (χ0v) is 15.6. The first kappa shape index (κ1) is 17.0. The van der Waals surface area contributed by atoms with Gasteiger partial charge in [-0.25, -0.2) is 9.97 Å². The van der Waals surface area contributed by atoms with Gasteiger partial charge in [0, 0.05) is 18.0 Å². The second-order valence-electron chi connectivity index (χ2n) is 5.67. The molecule has 4 N–H and O–H groups in total. The summed E-state index contributed by atoms with van der Waals surface area (Å²) in [5.41, 5.74) is 8.36. The van der Waals surface area contributed by atoms with Crippen LogP contribution in [0, 0.1) is 5.41 Å². The maximum absolute atomic E-state index is 7.87. The largest absolute Gasteiger partial charge is 0.383 e. The van der Waals surface area contributed by atoms with Gasteiger partial charge in [-0.2, -0.15) is 0 Å². The smallest absolute Gasteiger partial charge is 0.146 e. The minimum atomic E-state index is 0.143. The highest BCUT2D eigenvalue weighted by Gasteiger charge is 2.18. The fraction of sp³-hybridized carbons (Fsp3) is 0.312. The summed E-state index contributed by atoms with van der Waals surface area (Å²) < 4.78 is 0.143. The second kappa shape index (κ2) is 7.40. The van der Waals surface area contributed by atoms with E-state index < -0.39 is 0 Å². The Morgan fingerprint density at radius 3 is 2.71 bits per heavy atom. The summed E-state index contributed by atoms with van der Waals surface area (Å²) in [7, 11) is 0. The number of benzene rings is 1. The van der Waals surface area contributed by atoms with E-state index in [-0.39, 0.29) is 10.4 Å². The average molecular weight is 407 g/mol. The molecule has 1 aromatic heterocycles. The predicted octanol–water partition coefficient (Wildman–Crippen LogP) is 3.80. The maximum Gasteiger partial charge on any atom is 0.146 e. The third-order valence-electron chi connectivity index (χ3n) is 4.03. The van der Waals surface area contributed by atoms with Crippen molar-refractivity contribution in [3.63, 3.8) is 0 Å². The monoisotopic (exact) mass is 406 g/mol. The molecular formula is C16H19BrN6S. The molecule has 24 heavy (non-hydrogen) atoms. The summed E-state index contributed by atoms with van der Waals surface area (Å²) in [5.74, 6) is 0.762. The fourth-order valence-corrected chi connectivity index (χ4v) is 3.47. The number of halogens is 1. The van der Waals surface area contributed by atoms with Crippen molar-refractivity contribution < 1.29 is 0 Å². The number of nitrogens with one attached hydrogen (secondary N) is 2. The molecule has 8 heteroatoms. The summed E-state index contributed by atoms with van der Waals surface area (Å²) >= 11 is 7.62. The van der Waals surface area contributed by atoms with E-state index in [4.69, 9.17) is 11.1 Å². The van der Waals surface area contributed by atoms with E-state index in [1.54, 1.807) is 0 Å². The minimum Gasteiger partial charge on any atom is -0.383 e. The van der Waals surface area contributed by atoms with E-state index in [2.05, 4.69) is 54.8 Å². The number of nitrogens with two attached hydrogens (primary N) is 1. The van der Waals surface area contributed by atoms with Crippen LogP contribution in [0.4, 0.5) is 23.0 Å². The van der Waals surface area contributed by atoms with Crippen LogP contribution in [0.2, 0.25) is 0 Å². The van der Waals surface area contributed by atoms with Crippen molar-refractivity contribution >= 4 is 56.2 Å². The molecule has 2 heterocycles. The van der Waals surface area contributed by atoms with Crippen molar-refractivity contribution in [2.45, 2.75) is 24.2 Å². The van der Waals surface area contributed by atoms with Crippen molar-refractivity contribution in [2.75, 3.05) is 29.0 Å². The van der Waals surface area contributed by atoms with E-state index >= 15 is 0 Å². The van der Waals surface area contributed by atoms with E-state index in [0.29, 0.717) is 11.4 Å². The number of nitrogens with zero attached hydrogens (tertiary/aromatic N) is 3. The van der Waals surface area contributed by atoms with Crippen LogP contribution >= 0.6 is 28.6 Å². The quantitative estimate of drug-likeness (QED) is 0.457. The molecule has 2 aromatic rings. The maximum atomic E-state index is 7.87. The molecule has 0 aliphatic carbocycles. The lowest BCUT2D eigenvalue weighted by molar-refractivity contribution is 0.578. The van der Waals surface area contributed by atoms with Crippen LogP contribution < -0.4 is 16.0 Å². The highest BCUT2D eigenvalue weighted by Crippen LogP contribution is 2.34. The Labute approximate surface area is 154 Å². The lowest BCUT2D eigenvalue weighted by atomic mass is 10.1. The van der Waals surface area contributed by atoms with Gasteiger partial charge in [-0.3, -0.25) is 5.41 Å². The topological polar surface area (TPSA) is 90.9 Å². The number of aromatic nitrogens is 2. The average Bonchev–Trinajstić information content (AvgIpc) is 2.55. The highest BCUT2D eigenvalue weighted by molar-refractivity contribution is 9.18. The van der Waals surface area contributed by atoms with Crippen molar-refractivity contribution in [2.24, 2.45) is 0 Å². The molecule has 6 nitrogen and oxygen atoms in total. The standard InChI is InChI=1S/C16H19BrN6S/c17-14(18)13-15(19)20-9-21-16(13)22-11-8-10(24)4-5-12(11)23-6-2-1-3-7-23/h4-5,8-9,18,24H,1-3,6-7H2,(H3,19,20,21,22). The number of piperidine rings is 1. The van der Waals surface area contributed by atoms with Crippen LogP contribution in [0.25, 0.3) is 0 Å². The first-order valence-corrected chi connectivity index (χ1v) is 9.00. The van der Waals surface area contributed by atoms with Crippen molar-refractivity contribution in [1.82, 2.24) is 9.97 Å². The molecule has 0 spiro atoms. The molecule has 1 aromatic carbocycles. The Hall–Kier alpha value is -1.80. The van der Waals surface area contributed by atoms with Gasteiger partial charge in [-0.1, -0.05) is 0 Å². The van der Waals surface area contributed by atoms with E-state index in [9.17, 15) is 0 Å². The van der Waals surface area contributed by atoms with Crippen molar-refractivity contribution in [1.29, 1.82) is 5.41 Å². The van der Waals surface area contributed by atoms with E-state index in [1.807, 2.05) is 12.1 Å². The van der Waals surface area contributed by atoms with Gasteiger partial charge >= 0.3 is 0 Å². The minimum absolute atomic E-state index is 0.143. The molecule has 126 valence electrons. The van der Waals surface area contributed by atoms with Gasteiger partial charge in [0.25, 0.3) is 0 Å². The summed E-state index contributed by atoms with van der Waals surface area (Å²) in [6, 6.07) is 6.02. The molecular weight excluding hydrogens is 388 g/mol. The van der Waals surface area contributed by atoms with Crippen LogP contribution in [0.1, 0.15) is 24.8 Å². The lowest BCUT2D eigenvalue weighted by Gasteiger charge is -2.31. The molecule has 1 aliphatic rings. The van der Waals surface area contributed by atoms with Gasteiger partial charge < -0.3 is 16.0 Å². The Morgan fingerprint density at radius 2 is 2.00 bits per heavy atom. The van der Waals surface area contributed by atoms with Crippen molar-refractivity contribution in [3.8, 4) is 0 Å². The van der Waals surface area contributed by atoms with E-state index in [0.717, 1.165) is 29.4 Å². The molecule has 0 saturated carbocycles. The number of nitrogen functional groups attached to an aromatic ring is 1. The normalized spacial score (nSPS) is 14.5. The molecule has 0 unspecified atom stereocenters. The summed E-state index contributed by atoms with van der Waals surface area (Å²) in [6.45, 7) is 2.07. The number of rotatable bonds is 4. The van der Waals surface area contributed by atoms with Crippen LogP contribution in [0.5, 0.6) is 0 Å². The molecule has 1 fully saturated rings. The molecule has 0 bridgehead atoms. The van der Waals surface area contributed by atoms with E-state index in [1.165, 1.54) is 25.6 Å². The zero-order valence-electron chi connectivity index (χ0n) is 13.1. The summed E-state index contributed by atoms with van der Waals surface area (Å²) in [6.07, 6.45) is 5.05. The zero-order chi connectivity index (χ0) is 17.1. The van der Waals surface area contributed by atoms with Gasteiger partial charge in [-0.05, 0) is 53.4 Å². The van der Waals surface area contributed by atoms with Crippen LogP contribution in [0.3, 0.4) is 0 Å². The van der Waals surface area contributed by atoms with Gasteiger partial charge in [0.05, 0.1) is 16.9 Å². The summed E-state index contributed by atoms with van der Waals surface area (Å²) in [5, 5.41) is 11.2. The van der Waals surface area contributed by atoms with Crippen LogP contribution in [0.15, 0.2) is 29.4 Å². The third-order valence-corrected chi connectivity index (χ3v) is 4.70. The number of hydrogen-bond donors (Lipinski definition) is 4. The Morgan fingerprint density at radius 1 is 1.25 bits per heavy atom. The molecule has 3 rings (SSSR count). The lowest BCUT2D eigenvalue weighted by Crippen LogP contribution is -2.30. The van der Waals surface area contributed by atoms with Crippen LogP contribution in [-0.2, 0) is 0 Å². The number of thiol groups is 1.